The Kier molecular flexibility index (Phi) is 22.0. The summed E-state index contributed by atoms with van der Waals surface area (Å²) in [5.74, 6) is -4.27. The first-order valence-electron chi connectivity index (χ1n) is 32.3. The highest BCUT2D eigenvalue weighted by Crippen LogP contribution is 2.51. The number of esters is 3. The van der Waals surface area contributed by atoms with E-state index < -0.39 is 88.3 Å². The van der Waals surface area contributed by atoms with Crippen molar-refractivity contribution < 1.29 is 52.5 Å². The number of nitrogens with one attached hydrogen (secondary N) is 3. The van der Waals surface area contributed by atoms with Gasteiger partial charge in [-0.05, 0) is 123 Å². The highest BCUT2D eigenvalue weighted by Gasteiger charge is 2.46. The summed E-state index contributed by atoms with van der Waals surface area (Å²) in [5, 5.41) is 8.54. The van der Waals surface area contributed by atoms with Crippen molar-refractivity contribution in [1.82, 2.24) is 16.0 Å². The maximum Gasteiger partial charge on any atom is 0.407 e. The van der Waals surface area contributed by atoms with Gasteiger partial charge in [-0.15, -0.1) is 11.8 Å². The molecule has 16 heteroatoms. The first-order chi connectivity index (χ1) is 45.6. The number of halogens is 1. The Hall–Kier alpha value is -9.18. The molecule has 10 rings (SSSR count). The molecule has 14 nitrogen and oxygen atoms in total. The van der Waals surface area contributed by atoms with Gasteiger partial charge in [-0.1, -0.05) is 225 Å². The predicted molar refractivity (Wildman–Crippen MR) is 371 cm³/mol. The number of carbonyl (C=O) groups excluding carboxylic acids is 6. The lowest BCUT2D eigenvalue weighted by Crippen LogP contribution is -2.58. The van der Waals surface area contributed by atoms with Crippen LogP contribution in [0.4, 0.5) is 4.79 Å². The molecule has 0 aliphatic heterocycles. The van der Waals surface area contributed by atoms with E-state index in [9.17, 15) is 14.4 Å². The van der Waals surface area contributed by atoms with E-state index in [4.69, 9.17) is 35.3 Å². The zero-order valence-electron chi connectivity index (χ0n) is 54.7. The van der Waals surface area contributed by atoms with Crippen LogP contribution in [0.2, 0.25) is 5.02 Å². The van der Waals surface area contributed by atoms with Crippen LogP contribution in [-0.2, 0) is 53.3 Å². The van der Waals surface area contributed by atoms with Gasteiger partial charge in [-0.2, -0.15) is 0 Å². The minimum Gasteiger partial charge on any atom is -0.497 e. The third kappa shape index (κ3) is 16.5. The molecule has 3 N–H and O–H groups in total. The van der Waals surface area contributed by atoms with Gasteiger partial charge < -0.3 is 39.6 Å². The Labute approximate surface area is 566 Å². The molecule has 3 amide bonds. The smallest absolute Gasteiger partial charge is 0.407 e. The van der Waals surface area contributed by atoms with E-state index in [1.54, 1.807) is 60.8 Å². The normalized spacial score (nSPS) is 14.9. The first kappa shape index (κ1) is 68.7. The van der Waals surface area contributed by atoms with Crippen molar-refractivity contribution in [3.63, 3.8) is 0 Å². The van der Waals surface area contributed by atoms with Gasteiger partial charge in [-0.3, -0.25) is 19.2 Å². The average molecular weight is 1320 g/mol. The average Bonchev–Trinajstić information content (AvgIpc) is 1.37. The van der Waals surface area contributed by atoms with Crippen LogP contribution < -0.4 is 20.7 Å². The lowest BCUT2D eigenvalue weighted by molar-refractivity contribution is -0.159. The Balaban J connectivity index is 1.06. The number of rotatable bonds is 24. The van der Waals surface area contributed by atoms with E-state index >= 15 is 14.4 Å². The van der Waals surface area contributed by atoms with Crippen molar-refractivity contribution in [2.45, 2.75) is 138 Å². The minimum absolute atomic E-state index is 0.123. The Morgan fingerprint density at radius 2 is 0.937 bits per heavy atom. The molecule has 0 heterocycles. The maximum atomic E-state index is 16.5. The van der Waals surface area contributed by atoms with E-state index in [0.717, 1.165) is 64.6 Å². The van der Waals surface area contributed by atoms with Crippen molar-refractivity contribution in [2.75, 3.05) is 19.5 Å². The molecular weight excluding hydrogens is 1230 g/mol. The number of hydrogen-bond donors (Lipinski definition) is 3. The number of thioether (sulfide) groups is 1. The topological polar surface area (TPSA) is 185 Å². The molecule has 0 bridgehead atoms. The molecule has 8 aromatic rings. The lowest BCUT2D eigenvalue weighted by atomic mass is 9.78. The first-order valence-corrected chi connectivity index (χ1v) is 33.7. The summed E-state index contributed by atoms with van der Waals surface area (Å²) < 4.78 is 29.2. The summed E-state index contributed by atoms with van der Waals surface area (Å²) in [6.45, 7) is 9.83. The quantitative estimate of drug-likeness (QED) is 0.0296. The zero-order valence-corrected chi connectivity index (χ0v) is 56.3. The van der Waals surface area contributed by atoms with Gasteiger partial charge >= 0.3 is 24.0 Å². The molecular formula is C79H82ClN3O11S. The Morgan fingerprint density at radius 3 is 1.45 bits per heavy atom. The monoisotopic (exact) mass is 1320 g/mol. The number of carbonyl (C=O) groups is 6. The van der Waals surface area contributed by atoms with E-state index in [-0.39, 0.29) is 18.3 Å². The maximum absolute atomic E-state index is 16.5. The summed E-state index contributed by atoms with van der Waals surface area (Å²) in [7, 11) is 1.59. The van der Waals surface area contributed by atoms with Crippen molar-refractivity contribution in [2.24, 2.45) is 0 Å². The van der Waals surface area contributed by atoms with Gasteiger partial charge in [-0.25, -0.2) is 9.59 Å². The molecule has 0 saturated heterocycles. The van der Waals surface area contributed by atoms with Gasteiger partial charge in [0.25, 0.3) is 0 Å². The molecule has 0 aromatic heterocycles. The molecule has 95 heavy (non-hydrogen) atoms. The summed E-state index contributed by atoms with van der Waals surface area (Å²) >= 11 is 8.68. The van der Waals surface area contributed by atoms with Gasteiger partial charge in [0.2, 0.25) is 11.8 Å². The fourth-order valence-electron chi connectivity index (χ4n) is 12.9. The van der Waals surface area contributed by atoms with Gasteiger partial charge in [0, 0.05) is 33.4 Å². The predicted octanol–water partition coefficient (Wildman–Crippen LogP) is 15.3. The molecule has 0 spiro atoms. The number of benzene rings is 8. The van der Waals surface area contributed by atoms with Crippen molar-refractivity contribution >= 4 is 59.2 Å². The van der Waals surface area contributed by atoms with Crippen LogP contribution in [0, 0.1) is 0 Å². The Bertz CT molecular complexity index is 3880. The second-order valence-electron chi connectivity index (χ2n) is 26.1. The molecule has 2 aliphatic carbocycles. The van der Waals surface area contributed by atoms with Crippen molar-refractivity contribution in [1.29, 1.82) is 0 Å². The van der Waals surface area contributed by atoms with Crippen LogP contribution in [0.1, 0.15) is 148 Å². The largest absolute Gasteiger partial charge is 0.497 e. The fraction of sp³-hybridized carbons (Fsp3) is 0.316. The van der Waals surface area contributed by atoms with E-state index in [2.05, 4.69) is 28.1 Å². The van der Waals surface area contributed by atoms with Crippen molar-refractivity contribution in [3.8, 4) is 16.9 Å². The Morgan fingerprint density at radius 1 is 0.495 bits per heavy atom. The molecule has 492 valence electrons. The number of ether oxygens (including phenoxy) is 5. The summed E-state index contributed by atoms with van der Waals surface area (Å²) in [5.41, 5.74) is 5.32. The summed E-state index contributed by atoms with van der Waals surface area (Å²) in [6.07, 6.45) is 3.04. The van der Waals surface area contributed by atoms with Crippen molar-refractivity contribution in [3.05, 3.63) is 267 Å². The van der Waals surface area contributed by atoms with Gasteiger partial charge in [0.05, 0.1) is 24.7 Å². The molecule has 1 fully saturated rings. The van der Waals surface area contributed by atoms with Gasteiger partial charge in [0.15, 0.2) is 5.60 Å². The van der Waals surface area contributed by atoms with Gasteiger partial charge in [0.1, 0.15) is 41.7 Å². The fourth-order valence-corrected chi connectivity index (χ4v) is 14.7. The van der Waals surface area contributed by atoms with Crippen LogP contribution in [-0.4, -0.2) is 84.6 Å². The second kappa shape index (κ2) is 30.5. The summed E-state index contributed by atoms with van der Waals surface area (Å²) in [4.78, 5) is 89.5. The number of amides is 3. The van der Waals surface area contributed by atoms with E-state index in [1.165, 1.54) is 23.7 Å². The standard InChI is InChI=1S/C79H82ClN3O11S/c1-76(2,3)92-70(84)48-67(81-73(87)68(49-71(85)93-77(4,5)6)83-75(89)91-50-64-62-36-22-20-34-60(62)61-35-21-23-37-63(61)64)72(86)82-69(51-95-79(56-30-16-10-17-31-56,57-32-18-11-19-33-57)58-44-46-59(90-7)47-45-58)74(88)94-78(54-28-14-9-15-29-54,65-38-24-25-39-66(65)80)55-42-40-53(41-43-55)52-26-12-8-13-27-52/h9-11,14-25,28-47,52,64,67-69H,8,12-13,26-27,48-51H2,1-7H3,(H,81,87)(H,82,86)(H,83,89)/t67-,68-,69-,78?/m0/s1. The number of methoxy groups -OCH3 is 1. The molecule has 0 radical (unpaired) electrons. The highest BCUT2D eigenvalue weighted by atomic mass is 35.5. The third-order valence-corrected chi connectivity index (χ3v) is 19.1. The van der Waals surface area contributed by atoms with E-state index in [1.807, 2.05) is 188 Å². The lowest BCUT2D eigenvalue weighted by Gasteiger charge is -2.39. The molecule has 2 aliphatic rings. The molecule has 4 atom stereocenters. The molecule has 8 aromatic carbocycles. The SMILES string of the molecule is COc1ccc(C(SC[C@H](NC(=O)[C@H](CC(=O)OC(C)(C)C)NC(=O)[C@H](CC(=O)OC(C)(C)C)NC(=O)OCC2c3ccccc3-c3ccccc32)C(=O)OC(c2ccccc2)(c2ccc(C3CCCCC3)cc2)c2ccccc2Cl)(c2ccccc2)c2ccccc2)cc1. The number of hydrogen-bond acceptors (Lipinski definition) is 12. The van der Waals surface area contributed by atoms with Crippen LogP contribution in [0.25, 0.3) is 11.1 Å². The third-order valence-electron chi connectivity index (χ3n) is 17.2. The highest BCUT2D eigenvalue weighted by molar-refractivity contribution is 8.00. The summed E-state index contributed by atoms with van der Waals surface area (Å²) in [6, 6.07) is 62.4. The number of fused-ring (bicyclic) bond motifs is 3. The van der Waals surface area contributed by atoms with Crippen LogP contribution in [0.5, 0.6) is 5.75 Å². The van der Waals surface area contributed by atoms with Crippen LogP contribution in [0.15, 0.2) is 212 Å². The number of alkyl carbamates (subject to hydrolysis) is 1. The molecule has 1 unspecified atom stereocenters. The van der Waals surface area contributed by atoms with Crippen LogP contribution >= 0.6 is 23.4 Å². The second-order valence-corrected chi connectivity index (χ2v) is 27.7. The molecule has 1 saturated carbocycles. The van der Waals surface area contributed by atoms with Crippen LogP contribution in [0.3, 0.4) is 0 Å². The minimum atomic E-state index is -1.81. The van der Waals surface area contributed by atoms with E-state index in [0.29, 0.717) is 33.4 Å². The zero-order chi connectivity index (χ0) is 67.3.